The molecule has 33 heavy (non-hydrogen) atoms. The molecule has 1 amide bonds. The number of aryl methyl sites for hydroxylation is 3. The van der Waals surface area contributed by atoms with Crippen LogP contribution < -0.4 is 15.8 Å². The standard InChI is InChI=1S/C23H27N5O3S2/c1-14-12-17(33-23-24-15(2)13-32-23)4-6-19(14)26-20(29)7-5-18-16(3)25-22(27-21(18)30)28-8-10-31-11-9-28/h4,6,12-13H,5,7-11H2,1-3H3,(H,26,29)(H,25,27,30). The van der Waals surface area contributed by atoms with E-state index in [1.807, 2.05) is 49.3 Å². The van der Waals surface area contributed by atoms with E-state index in [1.165, 1.54) is 0 Å². The lowest BCUT2D eigenvalue weighted by Gasteiger charge is -2.27. The molecule has 0 radical (unpaired) electrons. The fraction of sp³-hybridized carbons (Fsp3) is 0.391. The number of amides is 1. The summed E-state index contributed by atoms with van der Waals surface area (Å²) in [5.74, 6) is 0.431. The van der Waals surface area contributed by atoms with Crippen molar-refractivity contribution in [3.8, 4) is 0 Å². The summed E-state index contributed by atoms with van der Waals surface area (Å²) in [6.07, 6.45) is 0.538. The lowest BCUT2D eigenvalue weighted by Crippen LogP contribution is -2.38. The summed E-state index contributed by atoms with van der Waals surface area (Å²) in [5, 5.41) is 4.99. The second kappa shape index (κ2) is 10.5. The van der Waals surface area contributed by atoms with Gasteiger partial charge in [0.2, 0.25) is 11.9 Å². The summed E-state index contributed by atoms with van der Waals surface area (Å²) in [6, 6.07) is 5.93. The van der Waals surface area contributed by atoms with Crippen LogP contribution in [0.1, 0.15) is 28.9 Å². The van der Waals surface area contributed by atoms with Crippen molar-refractivity contribution in [3.63, 3.8) is 0 Å². The van der Waals surface area contributed by atoms with Crippen LogP contribution in [0.15, 0.2) is 37.6 Å². The highest BCUT2D eigenvalue weighted by Gasteiger charge is 2.17. The summed E-state index contributed by atoms with van der Waals surface area (Å²) in [4.78, 5) is 40.2. The van der Waals surface area contributed by atoms with E-state index in [0.717, 1.165) is 26.2 Å². The highest BCUT2D eigenvalue weighted by Crippen LogP contribution is 2.32. The molecule has 10 heteroatoms. The Labute approximate surface area is 200 Å². The Morgan fingerprint density at radius 2 is 2.03 bits per heavy atom. The summed E-state index contributed by atoms with van der Waals surface area (Å²) < 4.78 is 6.35. The smallest absolute Gasteiger partial charge is 0.255 e. The Bertz CT molecular complexity index is 1200. The van der Waals surface area contributed by atoms with E-state index in [1.54, 1.807) is 23.1 Å². The maximum atomic E-state index is 12.6. The fourth-order valence-corrected chi connectivity index (χ4v) is 5.50. The Morgan fingerprint density at radius 1 is 1.24 bits per heavy atom. The molecule has 0 aliphatic carbocycles. The number of hydrogen-bond donors (Lipinski definition) is 2. The van der Waals surface area contributed by atoms with Gasteiger partial charge in [-0.3, -0.25) is 14.6 Å². The van der Waals surface area contributed by atoms with E-state index in [4.69, 9.17) is 4.74 Å². The number of anilines is 2. The van der Waals surface area contributed by atoms with E-state index < -0.39 is 0 Å². The number of benzene rings is 1. The second-order valence-electron chi connectivity index (χ2n) is 7.93. The normalized spacial score (nSPS) is 13.8. The molecule has 0 bridgehead atoms. The minimum atomic E-state index is -0.188. The monoisotopic (exact) mass is 485 g/mol. The minimum absolute atomic E-state index is 0.134. The van der Waals surface area contributed by atoms with E-state index in [-0.39, 0.29) is 17.9 Å². The zero-order valence-electron chi connectivity index (χ0n) is 18.9. The van der Waals surface area contributed by atoms with Crippen LogP contribution in [-0.4, -0.2) is 47.2 Å². The van der Waals surface area contributed by atoms with E-state index in [0.29, 0.717) is 49.9 Å². The summed E-state index contributed by atoms with van der Waals surface area (Å²) in [6.45, 7) is 8.40. The largest absolute Gasteiger partial charge is 0.378 e. The molecule has 3 heterocycles. The zero-order valence-corrected chi connectivity index (χ0v) is 20.6. The van der Waals surface area contributed by atoms with Crippen molar-refractivity contribution >= 4 is 40.6 Å². The third kappa shape index (κ3) is 6.01. The molecule has 2 aromatic heterocycles. The number of carbonyl (C=O) groups is 1. The first kappa shape index (κ1) is 23.5. The van der Waals surface area contributed by atoms with Crippen LogP contribution in [0.4, 0.5) is 11.6 Å². The van der Waals surface area contributed by atoms with Crippen LogP contribution in [0, 0.1) is 20.8 Å². The second-order valence-corrected chi connectivity index (χ2v) is 10.1. The molecule has 4 rings (SSSR count). The lowest BCUT2D eigenvalue weighted by molar-refractivity contribution is -0.116. The third-order valence-corrected chi connectivity index (χ3v) is 7.44. The highest BCUT2D eigenvalue weighted by molar-refractivity contribution is 8.01. The van der Waals surface area contributed by atoms with E-state index in [9.17, 15) is 9.59 Å². The molecular formula is C23H27N5O3S2. The van der Waals surface area contributed by atoms with Gasteiger partial charge < -0.3 is 15.0 Å². The molecule has 1 fully saturated rings. The number of rotatable bonds is 7. The molecule has 1 aliphatic rings. The summed E-state index contributed by atoms with van der Waals surface area (Å²) in [7, 11) is 0. The van der Waals surface area contributed by atoms with E-state index >= 15 is 0 Å². The average molecular weight is 486 g/mol. The number of nitrogens with one attached hydrogen (secondary N) is 2. The number of ether oxygens (including phenoxy) is 1. The number of carbonyl (C=O) groups excluding carboxylic acids is 1. The number of morpholine rings is 1. The van der Waals surface area contributed by atoms with Gasteiger partial charge in [-0.1, -0.05) is 11.8 Å². The highest BCUT2D eigenvalue weighted by atomic mass is 32.2. The Balaban J connectivity index is 1.35. The zero-order chi connectivity index (χ0) is 23.4. The molecule has 0 atom stereocenters. The van der Waals surface area contributed by atoms with Gasteiger partial charge in [-0.2, -0.15) is 0 Å². The first-order chi connectivity index (χ1) is 15.9. The van der Waals surface area contributed by atoms with Crippen molar-refractivity contribution < 1.29 is 9.53 Å². The van der Waals surface area contributed by atoms with Gasteiger partial charge in [-0.25, -0.2) is 9.97 Å². The lowest BCUT2D eigenvalue weighted by atomic mass is 10.1. The van der Waals surface area contributed by atoms with Crippen LogP contribution in [0.2, 0.25) is 0 Å². The fourth-order valence-electron chi connectivity index (χ4n) is 3.59. The van der Waals surface area contributed by atoms with Crippen molar-refractivity contribution in [3.05, 3.63) is 56.4 Å². The first-order valence-corrected chi connectivity index (χ1v) is 12.5. The molecule has 1 aliphatic heterocycles. The quantitative estimate of drug-likeness (QED) is 0.526. The molecule has 1 saturated heterocycles. The van der Waals surface area contributed by atoms with Gasteiger partial charge in [0.15, 0.2) is 4.34 Å². The molecule has 0 unspecified atom stereocenters. The van der Waals surface area contributed by atoms with Crippen LogP contribution in [0.5, 0.6) is 0 Å². The molecule has 2 N–H and O–H groups in total. The van der Waals surface area contributed by atoms with Crippen molar-refractivity contribution in [2.24, 2.45) is 0 Å². The van der Waals surface area contributed by atoms with Crippen molar-refractivity contribution in [1.29, 1.82) is 0 Å². The molecule has 3 aromatic rings. The molecule has 0 spiro atoms. The molecule has 0 saturated carbocycles. The van der Waals surface area contributed by atoms with Gasteiger partial charge in [-0.15, -0.1) is 11.3 Å². The maximum absolute atomic E-state index is 12.6. The first-order valence-electron chi connectivity index (χ1n) is 10.8. The van der Waals surface area contributed by atoms with Gasteiger partial charge >= 0.3 is 0 Å². The topological polar surface area (TPSA) is 100 Å². The number of H-pyrrole nitrogens is 1. The van der Waals surface area contributed by atoms with Gasteiger partial charge in [0.25, 0.3) is 5.56 Å². The molecule has 174 valence electrons. The molecular weight excluding hydrogens is 458 g/mol. The Hall–Kier alpha value is -2.69. The molecule has 1 aromatic carbocycles. The number of aromatic amines is 1. The van der Waals surface area contributed by atoms with Crippen LogP contribution in [0.25, 0.3) is 0 Å². The van der Waals surface area contributed by atoms with Crippen LogP contribution in [-0.2, 0) is 16.0 Å². The van der Waals surface area contributed by atoms with E-state index in [2.05, 4.69) is 20.3 Å². The molecule has 8 nitrogen and oxygen atoms in total. The van der Waals surface area contributed by atoms with Gasteiger partial charge in [0.1, 0.15) is 0 Å². The van der Waals surface area contributed by atoms with Gasteiger partial charge in [-0.05, 0) is 51.0 Å². The number of nitrogens with zero attached hydrogens (tertiary/aromatic N) is 3. The van der Waals surface area contributed by atoms with Crippen LogP contribution in [0.3, 0.4) is 0 Å². The van der Waals surface area contributed by atoms with Gasteiger partial charge in [0.05, 0.1) is 13.2 Å². The van der Waals surface area contributed by atoms with Crippen molar-refractivity contribution in [2.75, 3.05) is 36.5 Å². The predicted octanol–water partition coefficient (Wildman–Crippen LogP) is 3.71. The Kier molecular flexibility index (Phi) is 7.46. The SMILES string of the molecule is Cc1csc(Sc2ccc(NC(=O)CCc3c(C)nc(N4CCOCC4)[nH]c3=O)c(C)c2)n1. The van der Waals surface area contributed by atoms with Gasteiger partial charge in [0, 0.05) is 52.4 Å². The minimum Gasteiger partial charge on any atom is -0.378 e. The van der Waals surface area contributed by atoms with Crippen molar-refractivity contribution in [1.82, 2.24) is 15.0 Å². The number of aromatic nitrogens is 3. The predicted molar refractivity (Wildman–Crippen MR) is 132 cm³/mol. The maximum Gasteiger partial charge on any atom is 0.255 e. The summed E-state index contributed by atoms with van der Waals surface area (Å²) in [5.41, 5.74) is 3.78. The van der Waals surface area contributed by atoms with Crippen molar-refractivity contribution in [2.45, 2.75) is 42.8 Å². The third-order valence-electron chi connectivity index (χ3n) is 5.40. The average Bonchev–Trinajstić information content (AvgIpc) is 3.20. The number of thiazole rings is 1. The summed E-state index contributed by atoms with van der Waals surface area (Å²) >= 11 is 3.23. The Morgan fingerprint density at radius 3 is 2.70 bits per heavy atom. The number of hydrogen-bond acceptors (Lipinski definition) is 8. The van der Waals surface area contributed by atoms with Crippen LogP contribution >= 0.6 is 23.1 Å².